The lowest BCUT2D eigenvalue weighted by Gasteiger charge is -2.25. The van der Waals surface area contributed by atoms with Crippen molar-refractivity contribution in [3.8, 4) is 0 Å². The number of carbonyl (C=O) groups is 2. The van der Waals surface area contributed by atoms with Crippen LogP contribution in [0.1, 0.15) is 29.4 Å². The molecule has 1 heterocycles. The van der Waals surface area contributed by atoms with Gasteiger partial charge in [0.1, 0.15) is 10.9 Å². The van der Waals surface area contributed by atoms with Gasteiger partial charge in [0, 0.05) is 6.04 Å². The number of carboxylic acid groups (broad SMARTS) is 1. The fourth-order valence-corrected chi connectivity index (χ4v) is 1.98. The first-order chi connectivity index (χ1) is 7.61. The fraction of sp³-hybridized carbons (Fsp3) is 0.556. The molecule has 1 N–H and O–H groups in total. The number of aliphatic carboxylic acids is 1. The van der Waals surface area contributed by atoms with Gasteiger partial charge in [0.05, 0.1) is 6.20 Å². The molecule has 1 aromatic rings. The largest absolute Gasteiger partial charge is 0.480 e. The molecule has 7 heteroatoms. The van der Waals surface area contributed by atoms with E-state index in [9.17, 15) is 9.59 Å². The Hall–Kier alpha value is -1.50. The Labute approximate surface area is 96.0 Å². The minimum absolute atomic E-state index is 0.0562. The van der Waals surface area contributed by atoms with Crippen molar-refractivity contribution in [2.24, 2.45) is 0 Å². The van der Waals surface area contributed by atoms with Gasteiger partial charge in [-0.2, -0.15) is 0 Å². The topological polar surface area (TPSA) is 83.4 Å². The number of nitrogens with zero attached hydrogens (tertiary/aromatic N) is 3. The summed E-state index contributed by atoms with van der Waals surface area (Å²) >= 11 is 0.988. The molecule has 0 spiro atoms. The minimum Gasteiger partial charge on any atom is -0.480 e. The highest BCUT2D eigenvalue weighted by molar-refractivity contribution is 7.07. The lowest BCUT2D eigenvalue weighted by molar-refractivity contribution is -0.141. The third-order valence-electron chi connectivity index (χ3n) is 2.52. The quantitative estimate of drug-likeness (QED) is 0.835. The highest BCUT2D eigenvalue weighted by atomic mass is 32.1. The molecule has 1 atom stereocenters. The molecular formula is C9H11N3O3S. The molecule has 2 rings (SSSR count). The maximum Gasteiger partial charge on any atom is 0.326 e. The SMILES string of the molecule is CC(C(=O)O)N(C(=O)c1cnns1)C1CC1. The Morgan fingerprint density at radius 2 is 2.31 bits per heavy atom. The van der Waals surface area contributed by atoms with Crippen LogP contribution in [0.25, 0.3) is 0 Å². The standard InChI is InChI=1S/C9H11N3O3S/c1-5(9(14)15)12(6-2-3-6)8(13)7-4-10-11-16-7/h4-6H,2-3H2,1H3,(H,14,15). The maximum atomic E-state index is 12.0. The molecule has 0 aliphatic heterocycles. The molecule has 86 valence electrons. The van der Waals surface area contributed by atoms with E-state index in [4.69, 9.17) is 5.11 Å². The van der Waals surface area contributed by atoms with Crippen molar-refractivity contribution in [3.05, 3.63) is 11.1 Å². The van der Waals surface area contributed by atoms with Gasteiger partial charge in [-0.05, 0) is 31.3 Å². The first kappa shape index (κ1) is 11.0. The normalized spacial score (nSPS) is 16.8. The average molecular weight is 241 g/mol. The average Bonchev–Trinajstić information content (AvgIpc) is 2.93. The molecule has 1 aliphatic rings. The molecule has 0 bridgehead atoms. The monoisotopic (exact) mass is 241 g/mol. The zero-order chi connectivity index (χ0) is 11.7. The predicted octanol–water partition coefficient (Wildman–Crippen LogP) is 0.616. The second-order valence-corrected chi connectivity index (χ2v) is 4.53. The van der Waals surface area contributed by atoms with Gasteiger partial charge in [0.15, 0.2) is 0 Å². The van der Waals surface area contributed by atoms with Crippen LogP contribution in [0.5, 0.6) is 0 Å². The van der Waals surface area contributed by atoms with Gasteiger partial charge in [-0.3, -0.25) is 4.79 Å². The number of hydrogen-bond acceptors (Lipinski definition) is 5. The molecule has 0 saturated heterocycles. The van der Waals surface area contributed by atoms with Gasteiger partial charge in [0.25, 0.3) is 5.91 Å². The molecule has 6 nitrogen and oxygen atoms in total. The molecular weight excluding hydrogens is 230 g/mol. The summed E-state index contributed by atoms with van der Waals surface area (Å²) in [7, 11) is 0. The van der Waals surface area contributed by atoms with Crippen LogP contribution in [0.4, 0.5) is 0 Å². The number of carbonyl (C=O) groups excluding carboxylic acids is 1. The first-order valence-electron chi connectivity index (χ1n) is 4.94. The summed E-state index contributed by atoms with van der Waals surface area (Å²) in [5, 5.41) is 12.5. The van der Waals surface area contributed by atoms with E-state index in [2.05, 4.69) is 9.59 Å². The number of hydrogen-bond donors (Lipinski definition) is 1. The van der Waals surface area contributed by atoms with Gasteiger partial charge < -0.3 is 10.0 Å². The van der Waals surface area contributed by atoms with Crippen LogP contribution in [0, 0.1) is 0 Å². The molecule has 1 saturated carbocycles. The Kier molecular flexibility index (Phi) is 2.86. The lowest BCUT2D eigenvalue weighted by atomic mass is 10.2. The molecule has 1 aromatic heterocycles. The smallest absolute Gasteiger partial charge is 0.326 e. The second kappa shape index (κ2) is 4.17. The molecule has 1 aliphatic carbocycles. The highest BCUT2D eigenvalue weighted by Crippen LogP contribution is 2.30. The van der Waals surface area contributed by atoms with Crippen LogP contribution < -0.4 is 0 Å². The Morgan fingerprint density at radius 3 is 2.75 bits per heavy atom. The Morgan fingerprint density at radius 1 is 1.62 bits per heavy atom. The number of carboxylic acids is 1. The van der Waals surface area contributed by atoms with E-state index >= 15 is 0 Å². The van der Waals surface area contributed by atoms with E-state index in [1.54, 1.807) is 0 Å². The number of amides is 1. The summed E-state index contributed by atoms with van der Waals surface area (Å²) in [6, 6.07) is -0.747. The maximum absolute atomic E-state index is 12.0. The van der Waals surface area contributed by atoms with Crippen molar-refractivity contribution in [1.29, 1.82) is 0 Å². The first-order valence-corrected chi connectivity index (χ1v) is 5.71. The Bertz CT molecular complexity index is 402. The summed E-state index contributed by atoms with van der Waals surface area (Å²) in [6.07, 6.45) is 3.11. The summed E-state index contributed by atoms with van der Waals surface area (Å²) in [5.41, 5.74) is 0. The van der Waals surface area contributed by atoms with Crippen molar-refractivity contribution in [2.75, 3.05) is 0 Å². The van der Waals surface area contributed by atoms with E-state index in [0.29, 0.717) is 4.88 Å². The van der Waals surface area contributed by atoms with Gasteiger partial charge in [-0.15, -0.1) is 5.10 Å². The van der Waals surface area contributed by atoms with Crippen molar-refractivity contribution in [3.63, 3.8) is 0 Å². The molecule has 1 unspecified atom stereocenters. The predicted molar refractivity (Wildman–Crippen MR) is 56.2 cm³/mol. The summed E-state index contributed by atoms with van der Waals surface area (Å²) in [5.74, 6) is -1.27. The van der Waals surface area contributed by atoms with Crippen LogP contribution in [0.3, 0.4) is 0 Å². The van der Waals surface area contributed by atoms with Gasteiger partial charge in [0.2, 0.25) is 0 Å². The Balaban J connectivity index is 2.19. The van der Waals surface area contributed by atoms with Gasteiger partial charge in [-0.1, -0.05) is 4.49 Å². The van der Waals surface area contributed by atoms with E-state index in [0.717, 1.165) is 24.4 Å². The van der Waals surface area contributed by atoms with Crippen molar-refractivity contribution >= 4 is 23.4 Å². The van der Waals surface area contributed by atoms with Crippen LogP contribution in [-0.2, 0) is 4.79 Å². The number of aromatic nitrogens is 2. The summed E-state index contributed by atoms with van der Waals surface area (Å²) in [6.45, 7) is 1.52. The zero-order valence-corrected chi connectivity index (χ0v) is 9.48. The minimum atomic E-state index is -0.988. The zero-order valence-electron chi connectivity index (χ0n) is 8.66. The molecule has 0 aromatic carbocycles. The van der Waals surface area contributed by atoms with Crippen LogP contribution >= 0.6 is 11.5 Å². The van der Waals surface area contributed by atoms with Crippen molar-refractivity contribution in [1.82, 2.24) is 14.5 Å². The second-order valence-electron chi connectivity index (χ2n) is 3.74. The van der Waals surface area contributed by atoms with E-state index in [1.165, 1.54) is 18.0 Å². The fourth-order valence-electron chi connectivity index (χ4n) is 1.52. The van der Waals surface area contributed by atoms with Crippen LogP contribution in [0.15, 0.2) is 6.20 Å². The molecule has 0 radical (unpaired) electrons. The third kappa shape index (κ3) is 2.04. The number of rotatable bonds is 4. The van der Waals surface area contributed by atoms with Gasteiger partial charge in [-0.25, -0.2) is 4.79 Å². The van der Waals surface area contributed by atoms with E-state index in [-0.39, 0.29) is 11.9 Å². The van der Waals surface area contributed by atoms with Gasteiger partial charge >= 0.3 is 5.97 Å². The molecule has 16 heavy (non-hydrogen) atoms. The van der Waals surface area contributed by atoms with E-state index in [1.807, 2.05) is 0 Å². The van der Waals surface area contributed by atoms with Crippen LogP contribution in [0.2, 0.25) is 0 Å². The van der Waals surface area contributed by atoms with E-state index < -0.39 is 12.0 Å². The lowest BCUT2D eigenvalue weighted by Crippen LogP contribution is -2.44. The highest BCUT2D eigenvalue weighted by Gasteiger charge is 2.39. The van der Waals surface area contributed by atoms with Crippen LogP contribution in [-0.4, -0.2) is 43.6 Å². The summed E-state index contributed by atoms with van der Waals surface area (Å²) < 4.78 is 3.61. The molecule has 1 fully saturated rings. The molecule has 1 amide bonds. The van der Waals surface area contributed by atoms with Crippen molar-refractivity contribution in [2.45, 2.75) is 31.8 Å². The third-order valence-corrected chi connectivity index (χ3v) is 3.17. The van der Waals surface area contributed by atoms with Crippen molar-refractivity contribution < 1.29 is 14.7 Å². The summed E-state index contributed by atoms with van der Waals surface area (Å²) in [4.78, 5) is 24.8.